The van der Waals surface area contributed by atoms with Crippen LogP contribution in [0.25, 0.3) is 0 Å². The first kappa shape index (κ1) is 19.8. The summed E-state index contributed by atoms with van der Waals surface area (Å²) in [4.78, 5) is 13.7. The van der Waals surface area contributed by atoms with Gasteiger partial charge in [0.05, 0.1) is 13.4 Å². The first-order valence-corrected chi connectivity index (χ1v) is 10.3. The Morgan fingerprint density at radius 3 is 2.37 bits per heavy atom. The lowest BCUT2D eigenvalue weighted by Gasteiger charge is -2.39. The van der Waals surface area contributed by atoms with Crippen LogP contribution in [-0.4, -0.2) is 17.6 Å². The van der Waals surface area contributed by atoms with Gasteiger partial charge in [-0.15, -0.1) is 11.8 Å². The van der Waals surface area contributed by atoms with E-state index in [-0.39, 0.29) is 10.7 Å². The molecule has 1 fully saturated rings. The molecule has 0 amide bonds. The zero-order valence-electron chi connectivity index (χ0n) is 16.4. The van der Waals surface area contributed by atoms with Crippen molar-refractivity contribution in [1.82, 2.24) is 0 Å². The SMILES string of the molecule is COC=C(C)C(C)(Sc1ccccc1)C1CC(=O)CC1Cc1ccccc1. The van der Waals surface area contributed by atoms with Gasteiger partial charge in [-0.3, -0.25) is 4.79 Å². The first-order valence-electron chi connectivity index (χ1n) is 9.52. The molecule has 2 aromatic rings. The Morgan fingerprint density at radius 1 is 1.11 bits per heavy atom. The summed E-state index contributed by atoms with van der Waals surface area (Å²) in [7, 11) is 1.69. The van der Waals surface area contributed by atoms with Gasteiger partial charge in [-0.25, -0.2) is 0 Å². The first-order chi connectivity index (χ1) is 13.0. The van der Waals surface area contributed by atoms with Gasteiger partial charge in [0, 0.05) is 22.5 Å². The lowest BCUT2D eigenvalue weighted by Crippen LogP contribution is -2.36. The van der Waals surface area contributed by atoms with Crippen LogP contribution in [0.15, 0.2) is 77.4 Å². The van der Waals surface area contributed by atoms with Crippen molar-refractivity contribution in [3.8, 4) is 0 Å². The number of benzene rings is 2. The summed E-state index contributed by atoms with van der Waals surface area (Å²) in [6.45, 7) is 4.40. The predicted molar refractivity (Wildman–Crippen MR) is 113 cm³/mol. The Balaban J connectivity index is 1.93. The second kappa shape index (κ2) is 8.79. The molecule has 27 heavy (non-hydrogen) atoms. The Morgan fingerprint density at radius 2 is 1.74 bits per heavy atom. The molecule has 0 aliphatic heterocycles. The smallest absolute Gasteiger partial charge is 0.133 e. The molecule has 3 unspecified atom stereocenters. The van der Waals surface area contributed by atoms with E-state index in [1.165, 1.54) is 16.0 Å². The average molecular weight is 381 g/mol. The third-order valence-electron chi connectivity index (χ3n) is 5.71. The molecule has 1 aliphatic carbocycles. The minimum Gasteiger partial charge on any atom is -0.504 e. The molecule has 0 heterocycles. The van der Waals surface area contributed by atoms with Crippen molar-refractivity contribution in [3.05, 3.63) is 78.1 Å². The topological polar surface area (TPSA) is 26.3 Å². The summed E-state index contributed by atoms with van der Waals surface area (Å²) in [5.74, 6) is 1.01. The maximum absolute atomic E-state index is 12.5. The largest absolute Gasteiger partial charge is 0.504 e. The summed E-state index contributed by atoms with van der Waals surface area (Å²) in [5, 5.41) is 0. The highest BCUT2D eigenvalue weighted by molar-refractivity contribution is 8.00. The lowest BCUT2D eigenvalue weighted by atomic mass is 9.78. The van der Waals surface area contributed by atoms with Crippen molar-refractivity contribution in [2.45, 2.75) is 42.8 Å². The number of carbonyl (C=O) groups excluding carboxylic acids is 1. The molecule has 3 heteroatoms. The van der Waals surface area contributed by atoms with Gasteiger partial charge in [0.15, 0.2) is 0 Å². The quantitative estimate of drug-likeness (QED) is 0.440. The molecule has 2 aromatic carbocycles. The van der Waals surface area contributed by atoms with Crippen LogP contribution in [0.3, 0.4) is 0 Å². The van der Waals surface area contributed by atoms with E-state index in [4.69, 9.17) is 4.74 Å². The number of hydrogen-bond donors (Lipinski definition) is 0. The van der Waals surface area contributed by atoms with Crippen LogP contribution in [-0.2, 0) is 16.0 Å². The van der Waals surface area contributed by atoms with E-state index in [0.717, 1.165) is 6.42 Å². The fourth-order valence-electron chi connectivity index (χ4n) is 4.18. The van der Waals surface area contributed by atoms with Crippen LogP contribution in [0.4, 0.5) is 0 Å². The number of thioether (sulfide) groups is 1. The Bertz CT molecular complexity index is 785. The molecular formula is C24H28O2S. The molecule has 2 nitrogen and oxygen atoms in total. The van der Waals surface area contributed by atoms with Gasteiger partial charge in [-0.05, 0) is 55.4 Å². The second-order valence-corrected chi connectivity index (χ2v) is 9.09. The average Bonchev–Trinajstić information content (AvgIpc) is 3.04. The molecule has 3 rings (SSSR count). The molecule has 0 N–H and O–H groups in total. The van der Waals surface area contributed by atoms with E-state index in [1.807, 2.05) is 30.2 Å². The van der Waals surface area contributed by atoms with Gasteiger partial charge in [0.2, 0.25) is 0 Å². The maximum atomic E-state index is 12.5. The number of rotatable bonds is 7. The maximum Gasteiger partial charge on any atom is 0.133 e. The van der Waals surface area contributed by atoms with Gasteiger partial charge in [0.25, 0.3) is 0 Å². The Hall–Kier alpha value is -2.00. The number of methoxy groups -OCH3 is 1. The lowest BCUT2D eigenvalue weighted by molar-refractivity contribution is -0.117. The standard InChI is InChI=1S/C24H28O2S/c1-18(17-26-3)24(2,27-22-12-8-5-9-13-22)23-16-21(25)15-20(23)14-19-10-6-4-7-11-19/h4-13,17,20,23H,14-16H2,1-3H3. The van der Waals surface area contributed by atoms with Gasteiger partial charge < -0.3 is 4.74 Å². The van der Waals surface area contributed by atoms with Crippen LogP contribution in [0.2, 0.25) is 0 Å². The van der Waals surface area contributed by atoms with Crippen molar-refractivity contribution < 1.29 is 9.53 Å². The molecular weight excluding hydrogens is 352 g/mol. The van der Waals surface area contributed by atoms with Gasteiger partial charge in [-0.1, -0.05) is 48.5 Å². The Kier molecular flexibility index (Phi) is 6.43. The molecule has 0 spiro atoms. The highest BCUT2D eigenvalue weighted by atomic mass is 32.2. The van der Waals surface area contributed by atoms with Gasteiger partial charge >= 0.3 is 0 Å². The summed E-state index contributed by atoms with van der Waals surface area (Å²) in [6, 6.07) is 21.0. The van der Waals surface area contributed by atoms with Crippen LogP contribution < -0.4 is 0 Å². The Labute approximate surface area is 167 Å². The highest BCUT2D eigenvalue weighted by Crippen LogP contribution is 2.51. The number of Topliss-reactive ketones (excluding diaryl/α,β-unsaturated/α-hetero) is 1. The fourth-order valence-corrected chi connectivity index (χ4v) is 5.60. The van der Waals surface area contributed by atoms with E-state index in [9.17, 15) is 4.79 Å². The van der Waals surface area contributed by atoms with Gasteiger partial charge in [-0.2, -0.15) is 0 Å². The number of ether oxygens (including phenoxy) is 1. The molecule has 0 radical (unpaired) electrons. The fraction of sp³-hybridized carbons (Fsp3) is 0.375. The molecule has 142 valence electrons. The zero-order chi connectivity index (χ0) is 19.3. The van der Waals surface area contributed by atoms with E-state index in [0.29, 0.717) is 24.5 Å². The van der Waals surface area contributed by atoms with E-state index in [1.54, 1.807) is 7.11 Å². The molecule has 0 saturated heterocycles. The van der Waals surface area contributed by atoms with E-state index < -0.39 is 0 Å². The number of hydrogen-bond acceptors (Lipinski definition) is 3. The zero-order valence-corrected chi connectivity index (χ0v) is 17.2. The minimum atomic E-state index is -0.191. The minimum absolute atomic E-state index is 0.191. The van der Waals surface area contributed by atoms with E-state index in [2.05, 4.69) is 62.4 Å². The van der Waals surface area contributed by atoms with Crippen molar-refractivity contribution >= 4 is 17.5 Å². The van der Waals surface area contributed by atoms with Crippen LogP contribution >= 0.6 is 11.8 Å². The van der Waals surface area contributed by atoms with Crippen LogP contribution in [0.1, 0.15) is 32.3 Å². The van der Waals surface area contributed by atoms with Crippen LogP contribution in [0.5, 0.6) is 0 Å². The summed E-state index contributed by atoms with van der Waals surface area (Å²) in [6.07, 6.45) is 4.11. The predicted octanol–water partition coefficient (Wildman–Crippen LogP) is 5.93. The van der Waals surface area contributed by atoms with Crippen LogP contribution in [0, 0.1) is 11.8 Å². The third kappa shape index (κ3) is 4.65. The molecule has 0 bridgehead atoms. The summed E-state index contributed by atoms with van der Waals surface area (Å²) in [5.41, 5.74) is 2.49. The van der Waals surface area contributed by atoms with Crippen molar-refractivity contribution in [2.75, 3.05) is 7.11 Å². The van der Waals surface area contributed by atoms with E-state index >= 15 is 0 Å². The third-order valence-corrected chi connectivity index (χ3v) is 7.26. The van der Waals surface area contributed by atoms with Gasteiger partial charge in [0.1, 0.15) is 5.78 Å². The summed E-state index contributed by atoms with van der Waals surface area (Å²) < 4.78 is 5.18. The van der Waals surface area contributed by atoms with Crippen molar-refractivity contribution in [2.24, 2.45) is 11.8 Å². The molecule has 1 saturated carbocycles. The second-order valence-electron chi connectivity index (χ2n) is 7.56. The van der Waals surface area contributed by atoms with Crippen molar-refractivity contribution in [1.29, 1.82) is 0 Å². The van der Waals surface area contributed by atoms with Crippen molar-refractivity contribution in [3.63, 3.8) is 0 Å². The molecule has 0 aromatic heterocycles. The monoisotopic (exact) mass is 380 g/mol. The normalized spacial score (nSPS) is 22.5. The number of ketones is 1. The highest BCUT2D eigenvalue weighted by Gasteiger charge is 2.46. The molecule has 3 atom stereocenters. The number of carbonyl (C=O) groups is 1. The molecule has 1 aliphatic rings. The summed E-state index contributed by atoms with van der Waals surface area (Å²) >= 11 is 1.85.